The number of hydrogen-bond acceptors (Lipinski definition) is 2. The van der Waals surface area contributed by atoms with Gasteiger partial charge in [-0.25, -0.2) is 0 Å². The summed E-state index contributed by atoms with van der Waals surface area (Å²) in [7, 11) is 0. The molecule has 0 aromatic heterocycles. The number of hydrogen-bond donors (Lipinski definition) is 1. The molecule has 4 heteroatoms. The normalized spacial score (nSPS) is 31.3. The van der Waals surface area contributed by atoms with Crippen LogP contribution in [0.5, 0.6) is 0 Å². The zero-order valence-electron chi connectivity index (χ0n) is 13.1. The van der Waals surface area contributed by atoms with Crippen molar-refractivity contribution >= 4 is 11.8 Å². The second-order valence-electron chi connectivity index (χ2n) is 7.97. The first kappa shape index (κ1) is 13.9. The number of carbonyl (C=O) groups is 2. The second kappa shape index (κ2) is 3.99. The van der Waals surface area contributed by atoms with E-state index in [1.54, 1.807) is 0 Å². The van der Waals surface area contributed by atoms with Crippen molar-refractivity contribution in [3.05, 3.63) is 0 Å². The summed E-state index contributed by atoms with van der Waals surface area (Å²) in [5, 5.41) is 3.02. The Kier molecular flexibility index (Phi) is 2.77. The van der Waals surface area contributed by atoms with Crippen LogP contribution in [0.3, 0.4) is 0 Å². The average Bonchev–Trinajstić information content (AvgIpc) is 2.76. The molecule has 0 radical (unpaired) electrons. The van der Waals surface area contributed by atoms with Crippen molar-refractivity contribution in [1.82, 2.24) is 10.2 Å². The largest absolute Gasteiger partial charge is 0.340 e. The number of piperazine rings is 1. The fraction of sp³-hybridized carbons (Fsp3) is 0.875. The van der Waals surface area contributed by atoms with E-state index in [1.807, 2.05) is 4.90 Å². The quantitative estimate of drug-likeness (QED) is 0.798. The van der Waals surface area contributed by atoms with Crippen molar-refractivity contribution < 1.29 is 9.59 Å². The molecule has 4 nitrogen and oxygen atoms in total. The van der Waals surface area contributed by atoms with Gasteiger partial charge >= 0.3 is 0 Å². The Labute approximate surface area is 121 Å². The van der Waals surface area contributed by atoms with Gasteiger partial charge in [-0.05, 0) is 23.7 Å². The van der Waals surface area contributed by atoms with E-state index in [-0.39, 0.29) is 35.2 Å². The lowest BCUT2D eigenvalue weighted by molar-refractivity contribution is -0.153. The Morgan fingerprint density at radius 3 is 2.05 bits per heavy atom. The molecule has 20 heavy (non-hydrogen) atoms. The summed E-state index contributed by atoms with van der Waals surface area (Å²) < 4.78 is 0. The van der Waals surface area contributed by atoms with Gasteiger partial charge in [-0.1, -0.05) is 47.0 Å². The molecule has 0 unspecified atom stereocenters. The third-order valence-corrected chi connectivity index (χ3v) is 6.33. The van der Waals surface area contributed by atoms with Gasteiger partial charge in [0.1, 0.15) is 5.54 Å². The molecule has 1 saturated heterocycles. The molecule has 0 atom stereocenters. The van der Waals surface area contributed by atoms with Crippen molar-refractivity contribution in [2.24, 2.45) is 10.8 Å². The fourth-order valence-corrected chi connectivity index (χ4v) is 4.50. The topological polar surface area (TPSA) is 49.4 Å². The third-order valence-electron chi connectivity index (χ3n) is 6.33. The Morgan fingerprint density at radius 2 is 1.55 bits per heavy atom. The lowest BCUT2D eigenvalue weighted by Crippen LogP contribution is -2.68. The highest BCUT2D eigenvalue weighted by Gasteiger charge is 2.69. The van der Waals surface area contributed by atoms with Crippen molar-refractivity contribution in [3.63, 3.8) is 0 Å². The SMILES string of the molecule is CC1(C)C(N2CC(=O)NC3(CCCCC3)C2=O)C1(C)C. The summed E-state index contributed by atoms with van der Waals surface area (Å²) in [6, 6.07) is 0.187. The molecule has 2 amide bonds. The minimum absolute atomic E-state index is 0.0185. The van der Waals surface area contributed by atoms with Crippen LogP contribution in [0, 0.1) is 10.8 Å². The van der Waals surface area contributed by atoms with Crippen molar-refractivity contribution in [1.29, 1.82) is 0 Å². The van der Waals surface area contributed by atoms with Crippen molar-refractivity contribution in [3.8, 4) is 0 Å². The molecule has 1 spiro atoms. The molecule has 0 aromatic rings. The van der Waals surface area contributed by atoms with Crippen molar-refractivity contribution in [2.45, 2.75) is 71.4 Å². The number of nitrogens with zero attached hydrogens (tertiary/aromatic N) is 1. The number of nitrogens with one attached hydrogen (secondary N) is 1. The van der Waals surface area contributed by atoms with E-state index in [9.17, 15) is 9.59 Å². The van der Waals surface area contributed by atoms with Gasteiger partial charge in [0.05, 0.1) is 6.54 Å². The van der Waals surface area contributed by atoms with E-state index in [0.29, 0.717) is 0 Å². The third kappa shape index (κ3) is 1.66. The standard InChI is InChI=1S/C16H26N2O2/c1-14(2)12(15(14,3)4)18-10-11(19)17-16(13(18)20)8-6-5-7-9-16/h12H,5-10H2,1-4H3,(H,17,19). The van der Waals surface area contributed by atoms with Crippen LogP contribution in [0.25, 0.3) is 0 Å². The van der Waals surface area contributed by atoms with E-state index in [1.165, 1.54) is 6.42 Å². The number of rotatable bonds is 1. The van der Waals surface area contributed by atoms with E-state index in [4.69, 9.17) is 0 Å². The molecule has 112 valence electrons. The predicted molar refractivity (Wildman–Crippen MR) is 77.0 cm³/mol. The molecule has 1 N–H and O–H groups in total. The molecule has 3 rings (SSSR count). The molecule has 2 aliphatic carbocycles. The molecule has 3 fully saturated rings. The summed E-state index contributed by atoms with van der Waals surface area (Å²) in [6.45, 7) is 9.03. The van der Waals surface area contributed by atoms with E-state index >= 15 is 0 Å². The summed E-state index contributed by atoms with van der Waals surface area (Å²) in [5.74, 6) is 0.186. The maximum absolute atomic E-state index is 13.0. The molecule has 1 aliphatic heterocycles. The smallest absolute Gasteiger partial charge is 0.249 e. The molecule has 1 heterocycles. The van der Waals surface area contributed by atoms with Crippen LogP contribution in [0.1, 0.15) is 59.8 Å². The molecular formula is C16H26N2O2. The van der Waals surface area contributed by atoms with Crippen LogP contribution in [0.15, 0.2) is 0 Å². The Morgan fingerprint density at radius 1 is 1.00 bits per heavy atom. The summed E-state index contributed by atoms with van der Waals surface area (Å²) in [4.78, 5) is 27.0. The number of amides is 2. The van der Waals surface area contributed by atoms with Gasteiger partial charge in [0.2, 0.25) is 11.8 Å². The average molecular weight is 278 g/mol. The van der Waals surface area contributed by atoms with Crippen molar-refractivity contribution in [2.75, 3.05) is 6.54 Å². The maximum Gasteiger partial charge on any atom is 0.249 e. The number of carbonyl (C=O) groups excluding carboxylic acids is 2. The summed E-state index contributed by atoms with van der Waals surface area (Å²) >= 11 is 0. The second-order valence-corrected chi connectivity index (χ2v) is 7.97. The van der Waals surface area contributed by atoms with Crippen LogP contribution >= 0.6 is 0 Å². The first-order valence-electron chi connectivity index (χ1n) is 7.84. The molecular weight excluding hydrogens is 252 g/mol. The molecule has 0 aromatic carbocycles. The summed E-state index contributed by atoms with van der Waals surface area (Å²) in [6.07, 6.45) is 4.86. The van der Waals surface area contributed by atoms with Crippen LogP contribution in [0.4, 0.5) is 0 Å². The van der Waals surface area contributed by atoms with Gasteiger partial charge in [0.25, 0.3) is 0 Å². The highest BCUT2D eigenvalue weighted by molar-refractivity contribution is 5.98. The molecule has 0 bridgehead atoms. The van der Waals surface area contributed by atoms with Gasteiger partial charge in [-0.3, -0.25) is 9.59 Å². The zero-order valence-corrected chi connectivity index (χ0v) is 13.1. The van der Waals surface area contributed by atoms with E-state index in [2.05, 4.69) is 33.0 Å². The fourth-order valence-electron chi connectivity index (χ4n) is 4.50. The van der Waals surface area contributed by atoms with E-state index < -0.39 is 5.54 Å². The lowest BCUT2D eigenvalue weighted by atomic mass is 9.79. The zero-order chi connectivity index (χ0) is 14.8. The lowest BCUT2D eigenvalue weighted by Gasteiger charge is -2.45. The first-order valence-corrected chi connectivity index (χ1v) is 7.84. The monoisotopic (exact) mass is 278 g/mol. The highest BCUT2D eigenvalue weighted by Crippen LogP contribution is 2.65. The van der Waals surface area contributed by atoms with Crippen LogP contribution in [0.2, 0.25) is 0 Å². The van der Waals surface area contributed by atoms with Gasteiger partial charge in [0, 0.05) is 6.04 Å². The highest BCUT2D eigenvalue weighted by atomic mass is 16.2. The predicted octanol–water partition coefficient (Wildman–Crippen LogP) is 2.08. The van der Waals surface area contributed by atoms with E-state index in [0.717, 1.165) is 25.7 Å². The molecule has 3 aliphatic rings. The van der Waals surface area contributed by atoms with Gasteiger partial charge in [-0.2, -0.15) is 0 Å². The van der Waals surface area contributed by atoms with Crippen LogP contribution in [-0.4, -0.2) is 34.8 Å². The minimum atomic E-state index is -0.595. The Balaban J connectivity index is 1.89. The maximum atomic E-state index is 13.0. The van der Waals surface area contributed by atoms with Gasteiger partial charge in [-0.15, -0.1) is 0 Å². The first-order chi connectivity index (χ1) is 9.22. The summed E-state index contributed by atoms with van der Waals surface area (Å²) in [5.41, 5.74) is -0.408. The van der Waals surface area contributed by atoms with Gasteiger partial charge in [0.15, 0.2) is 0 Å². The molecule has 2 saturated carbocycles. The minimum Gasteiger partial charge on any atom is -0.340 e. The van der Waals surface area contributed by atoms with Crippen LogP contribution in [-0.2, 0) is 9.59 Å². The van der Waals surface area contributed by atoms with Crippen LogP contribution < -0.4 is 5.32 Å². The van der Waals surface area contributed by atoms with Gasteiger partial charge < -0.3 is 10.2 Å². The Hall–Kier alpha value is -1.06. The Bertz CT molecular complexity index is 447.